The summed E-state index contributed by atoms with van der Waals surface area (Å²) >= 11 is 11.9. The number of nitrogens with one attached hydrogen (secondary N) is 1. The molecule has 0 aliphatic carbocycles. The van der Waals surface area contributed by atoms with Gasteiger partial charge in [-0.1, -0.05) is 29.3 Å². The second kappa shape index (κ2) is 9.98. The van der Waals surface area contributed by atoms with Crippen molar-refractivity contribution < 1.29 is 9.53 Å². The summed E-state index contributed by atoms with van der Waals surface area (Å²) in [5.74, 6) is 0.275. The van der Waals surface area contributed by atoms with E-state index in [0.29, 0.717) is 29.1 Å². The number of amides is 1. The van der Waals surface area contributed by atoms with Crippen LogP contribution in [0.5, 0.6) is 0 Å². The number of likely N-dealkylation sites (tertiary alicyclic amines) is 1. The quantitative estimate of drug-likeness (QED) is 0.800. The molecule has 0 bridgehead atoms. The highest BCUT2D eigenvalue weighted by molar-refractivity contribution is 6.42. The summed E-state index contributed by atoms with van der Waals surface area (Å²) in [4.78, 5) is 14.3. The van der Waals surface area contributed by atoms with Crippen LogP contribution in [0.25, 0.3) is 0 Å². The maximum Gasteiger partial charge on any atom is 0.224 e. The number of hydrogen-bond acceptors (Lipinski definition) is 3. The highest BCUT2D eigenvalue weighted by atomic mass is 35.5. The molecule has 1 amide bonds. The normalized spacial score (nSPS) is 21.2. The number of carbonyl (C=O) groups excluding carboxylic acids is 1. The smallest absolute Gasteiger partial charge is 0.224 e. The molecule has 1 atom stereocenters. The maximum atomic E-state index is 12.3. The first-order valence-corrected chi connectivity index (χ1v) is 9.44. The molecule has 0 spiro atoms. The SMILES string of the molecule is Cl.O=C(CC1CCCN1)N1CCC(OCc2ccc(Cl)c(Cl)c2)CC1. The molecule has 4 nitrogen and oxygen atoms in total. The molecule has 1 aromatic rings. The predicted octanol–water partition coefficient (Wildman–Crippen LogP) is 4.06. The van der Waals surface area contributed by atoms with Crippen molar-refractivity contribution in [2.24, 2.45) is 0 Å². The van der Waals surface area contributed by atoms with Crippen molar-refractivity contribution in [2.75, 3.05) is 19.6 Å². The number of ether oxygens (including phenoxy) is 1. The van der Waals surface area contributed by atoms with Crippen molar-refractivity contribution in [1.29, 1.82) is 0 Å². The summed E-state index contributed by atoms with van der Waals surface area (Å²) in [5, 5.41) is 4.50. The molecule has 1 unspecified atom stereocenters. The molecule has 7 heteroatoms. The van der Waals surface area contributed by atoms with Crippen LogP contribution >= 0.6 is 35.6 Å². The third kappa shape index (κ3) is 6.00. The van der Waals surface area contributed by atoms with Gasteiger partial charge >= 0.3 is 0 Å². The lowest BCUT2D eigenvalue weighted by Crippen LogP contribution is -2.42. The lowest BCUT2D eigenvalue weighted by Gasteiger charge is -2.32. The van der Waals surface area contributed by atoms with Gasteiger partial charge in [0.2, 0.25) is 5.91 Å². The molecular weight excluding hydrogens is 383 g/mol. The summed E-state index contributed by atoms with van der Waals surface area (Å²) in [6.07, 6.45) is 4.93. The zero-order chi connectivity index (χ0) is 16.9. The number of nitrogens with zero attached hydrogens (tertiary/aromatic N) is 1. The molecule has 0 aromatic heterocycles. The van der Waals surface area contributed by atoms with Crippen molar-refractivity contribution in [3.05, 3.63) is 33.8 Å². The lowest BCUT2D eigenvalue weighted by atomic mass is 10.1. The Kier molecular flexibility index (Phi) is 8.30. The number of carbonyl (C=O) groups is 1. The van der Waals surface area contributed by atoms with Crippen LogP contribution in [0.1, 0.15) is 37.7 Å². The average Bonchev–Trinajstić information content (AvgIpc) is 3.09. The van der Waals surface area contributed by atoms with Crippen molar-refractivity contribution in [1.82, 2.24) is 10.2 Å². The average molecular weight is 408 g/mol. The van der Waals surface area contributed by atoms with Gasteiger partial charge in [-0.15, -0.1) is 12.4 Å². The van der Waals surface area contributed by atoms with Crippen molar-refractivity contribution in [2.45, 2.75) is 50.9 Å². The van der Waals surface area contributed by atoms with Gasteiger partial charge in [-0.2, -0.15) is 0 Å². The Morgan fingerprint density at radius 2 is 1.96 bits per heavy atom. The van der Waals surface area contributed by atoms with Crippen LogP contribution in [0, 0.1) is 0 Å². The van der Waals surface area contributed by atoms with E-state index in [9.17, 15) is 4.79 Å². The zero-order valence-electron chi connectivity index (χ0n) is 14.2. The molecule has 2 fully saturated rings. The van der Waals surface area contributed by atoms with Crippen LogP contribution in [0.15, 0.2) is 18.2 Å². The molecule has 1 N–H and O–H groups in total. The molecule has 0 saturated carbocycles. The van der Waals surface area contributed by atoms with Gasteiger partial charge in [-0.25, -0.2) is 0 Å². The molecule has 2 saturated heterocycles. The van der Waals surface area contributed by atoms with Crippen LogP contribution in [0.2, 0.25) is 10.0 Å². The maximum absolute atomic E-state index is 12.3. The van der Waals surface area contributed by atoms with E-state index < -0.39 is 0 Å². The lowest BCUT2D eigenvalue weighted by molar-refractivity contribution is -0.134. The first-order chi connectivity index (χ1) is 11.6. The van der Waals surface area contributed by atoms with Gasteiger partial charge in [0, 0.05) is 25.6 Å². The van der Waals surface area contributed by atoms with E-state index in [0.717, 1.165) is 44.5 Å². The standard InChI is InChI=1S/C18H24Cl2N2O2.ClH/c19-16-4-3-13(10-17(16)20)12-24-15-5-8-22(9-6-15)18(23)11-14-2-1-7-21-14;/h3-4,10,14-15,21H,1-2,5-9,11-12H2;1H. The van der Waals surface area contributed by atoms with Crippen LogP contribution in [0.4, 0.5) is 0 Å². The summed E-state index contributed by atoms with van der Waals surface area (Å²) in [5.41, 5.74) is 1.02. The second-order valence-corrected chi connectivity index (χ2v) is 7.45. The Balaban J connectivity index is 0.00000225. The Bertz CT molecular complexity index is 571. The van der Waals surface area contributed by atoms with E-state index in [2.05, 4.69) is 5.32 Å². The van der Waals surface area contributed by atoms with Gasteiger partial charge in [-0.05, 0) is 49.9 Å². The number of benzene rings is 1. The third-order valence-corrected chi connectivity index (χ3v) is 5.59. The largest absolute Gasteiger partial charge is 0.373 e. The second-order valence-electron chi connectivity index (χ2n) is 6.64. The van der Waals surface area contributed by atoms with Gasteiger partial charge in [0.05, 0.1) is 22.8 Å². The zero-order valence-corrected chi connectivity index (χ0v) is 16.5. The Labute approximate surface area is 165 Å². The fourth-order valence-electron chi connectivity index (χ4n) is 3.39. The van der Waals surface area contributed by atoms with Gasteiger partial charge in [0.1, 0.15) is 0 Å². The summed E-state index contributed by atoms with van der Waals surface area (Å²) in [6.45, 7) is 3.15. The summed E-state index contributed by atoms with van der Waals surface area (Å²) in [6, 6.07) is 5.95. The topological polar surface area (TPSA) is 41.6 Å². The molecule has 0 radical (unpaired) electrons. The van der Waals surface area contributed by atoms with Crippen LogP contribution in [-0.4, -0.2) is 42.6 Å². The van der Waals surface area contributed by atoms with E-state index in [1.165, 1.54) is 6.42 Å². The minimum absolute atomic E-state index is 0. The first-order valence-electron chi connectivity index (χ1n) is 8.68. The molecule has 1 aromatic carbocycles. The Hall–Kier alpha value is -0.520. The van der Waals surface area contributed by atoms with Crippen molar-refractivity contribution >= 4 is 41.5 Å². The fraction of sp³-hybridized carbons (Fsp3) is 0.611. The molecule has 2 aliphatic rings. The van der Waals surface area contributed by atoms with E-state index in [-0.39, 0.29) is 24.4 Å². The first kappa shape index (κ1) is 20.8. The number of rotatable bonds is 5. The Morgan fingerprint density at radius 3 is 2.60 bits per heavy atom. The van der Waals surface area contributed by atoms with E-state index in [1.807, 2.05) is 17.0 Å². The highest BCUT2D eigenvalue weighted by Gasteiger charge is 2.26. The molecule has 2 heterocycles. The molecular formula is C18H25Cl3N2O2. The van der Waals surface area contributed by atoms with E-state index in [4.69, 9.17) is 27.9 Å². The predicted molar refractivity (Wildman–Crippen MR) is 104 cm³/mol. The van der Waals surface area contributed by atoms with Gasteiger partial charge in [-0.3, -0.25) is 4.79 Å². The number of piperidine rings is 1. The fourth-order valence-corrected chi connectivity index (χ4v) is 3.71. The monoisotopic (exact) mass is 406 g/mol. The molecule has 3 rings (SSSR count). The number of halogens is 3. The van der Waals surface area contributed by atoms with Crippen LogP contribution in [-0.2, 0) is 16.1 Å². The van der Waals surface area contributed by atoms with Gasteiger partial charge < -0.3 is 15.0 Å². The van der Waals surface area contributed by atoms with Crippen molar-refractivity contribution in [3.63, 3.8) is 0 Å². The van der Waals surface area contributed by atoms with E-state index >= 15 is 0 Å². The molecule has 2 aliphatic heterocycles. The van der Waals surface area contributed by atoms with Crippen molar-refractivity contribution in [3.8, 4) is 0 Å². The number of hydrogen-bond donors (Lipinski definition) is 1. The van der Waals surface area contributed by atoms with Gasteiger partial charge in [0.15, 0.2) is 0 Å². The Morgan fingerprint density at radius 1 is 1.20 bits per heavy atom. The molecule has 25 heavy (non-hydrogen) atoms. The minimum atomic E-state index is 0. The van der Waals surface area contributed by atoms with E-state index in [1.54, 1.807) is 6.07 Å². The van der Waals surface area contributed by atoms with Crippen LogP contribution in [0.3, 0.4) is 0 Å². The minimum Gasteiger partial charge on any atom is -0.373 e. The highest BCUT2D eigenvalue weighted by Crippen LogP contribution is 2.24. The summed E-state index contributed by atoms with van der Waals surface area (Å²) in [7, 11) is 0. The van der Waals surface area contributed by atoms with Crippen LogP contribution < -0.4 is 5.32 Å². The molecule has 140 valence electrons. The summed E-state index contributed by atoms with van der Waals surface area (Å²) < 4.78 is 5.97. The third-order valence-electron chi connectivity index (χ3n) is 4.85. The van der Waals surface area contributed by atoms with Gasteiger partial charge in [0.25, 0.3) is 0 Å².